The van der Waals surface area contributed by atoms with Crippen LogP contribution in [0, 0.1) is 0 Å². The van der Waals surface area contributed by atoms with Crippen molar-refractivity contribution in [3.63, 3.8) is 0 Å². The number of hydrogen-bond donors (Lipinski definition) is 2. The average Bonchev–Trinajstić information content (AvgIpc) is 3.22. The molecule has 13 heteroatoms. The number of carbonyl (C=O) groups excluding carboxylic acids is 2. The quantitative estimate of drug-likeness (QED) is 0.0149. The molecular formula is C52H102N2O10S. The van der Waals surface area contributed by atoms with Gasteiger partial charge in [-0.25, -0.2) is 8.42 Å². The van der Waals surface area contributed by atoms with Crippen molar-refractivity contribution in [3.8, 4) is 0 Å². The van der Waals surface area contributed by atoms with Gasteiger partial charge in [0.25, 0.3) is 0 Å². The number of nitrogens with zero attached hydrogens (tertiary/aromatic N) is 2. The Morgan fingerprint density at radius 2 is 0.862 bits per heavy atom. The molecule has 0 radical (unpaired) electrons. The Bertz CT molecular complexity index is 1190. The first-order chi connectivity index (χ1) is 31.0. The normalized spacial score (nSPS) is 14.8. The van der Waals surface area contributed by atoms with Gasteiger partial charge in [-0.15, -0.1) is 0 Å². The molecular weight excluding hydrogens is 845 g/mol. The molecule has 0 aliphatic carbocycles. The summed E-state index contributed by atoms with van der Waals surface area (Å²) in [6, 6.07) is 0. The first-order valence-electron chi connectivity index (χ1n) is 26.1. The van der Waals surface area contributed by atoms with Gasteiger partial charge in [0.2, 0.25) is 10.4 Å². The molecule has 0 saturated heterocycles. The third kappa shape index (κ3) is 49.8. The molecule has 0 aromatic carbocycles. The Morgan fingerprint density at radius 1 is 0.569 bits per heavy atom. The molecule has 12 nitrogen and oxygen atoms in total. The van der Waals surface area contributed by atoms with Crippen molar-refractivity contribution >= 4 is 22.3 Å². The summed E-state index contributed by atoms with van der Waals surface area (Å²) in [6.07, 6.45) is 40.5. The highest BCUT2D eigenvalue weighted by molar-refractivity contribution is 7.80. The summed E-state index contributed by atoms with van der Waals surface area (Å²) in [7, 11) is -1.54. The summed E-state index contributed by atoms with van der Waals surface area (Å²) in [4.78, 5) is 27.8. The number of quaternary nitrogens is 1. The molecule has 0 fully saturated rings. The number of ether oxygens (including phenoxy) is 2. The first-order valence-corrected chi connectivity index (χ1v) is 27.4. The smallest absolute Gasteiger partial charge is 0.306 e. The Hall–Kier alpha value is -1.87. The standard InChI is InChI=1S/C51H99N2O6.CH4O4S/c1-8-10-12-14-16-18-20-22-24-26-28-30-32-34-36-38-50(56)58-48(5)42-52(40-41-53(7,44-46(3)54)45-47(4)55)43-49(6)59-51(57)39-37-35-33-31-29-27-25-23-21-19-17-15-13-11-9-2;1-5-6(2,3)4/h22-25,46-49,54-55H,8-21,26-45H2,1-7H3;1H3,(H,2,3,4)/q+1;/p-1/b24-22-,25-23-;. The van der Waals surface area contributed by atoms with E-state index in [4.69, 9.17) is 9.47 Å². The number of unbranched alkanes of at least 4 members (excludes halogenated alkanes) is 22. The zero-order valence-electron chi connectivity index (χ0n) is 43.1. The van der Waals surface area contributed by atoms with Crippen molar-refractivity contribution < 1.29 is 50.9 Å². The third-order valence-electron chi connectivity index (χ3n) is 11.6. The summed E-state index contributed by atoms with van der Waals surface area (Å²) in [5.74, 6) is -0.309. The maximum absolute atomic E-state index is 12.8. The highest BCUT2D eigenvalue weighted by Crippen LogP contribution is 2.15. The number of aliphatic hydroxyl groups excluding tert-OH is 2. The van der Waals surface area contributed by atoms with Crippen LogP contribution in [-0.4, -0.2) is 122 Å². The van der Waals surface area contributed by atoms with E-state index >= 15 is 0 Å². The van der Waals surface area contributed by atoms with E-state index in [0.29, 0.717) is 56.6 Å². The summed E-state index contributed by atoms with van der Waals surface area (Å²) < 4.78 is 43.3. The lowest BCUT2D eigenvalue weighted by Crippen LogP contribution is -2.55. The minimum Gasteiger partial charge on any atom is -0.726 e. The molecule has 4 unspecified atom stereocenters. The highest BCUT2D eigenvalue weighted by Gasteiger charge is 2.28. The molecule has 65 heavy (non-hydrogen) atoms. The number of allylic oxidation sites excluding steroid dienone is 4. The van der Waals surface area contributed by atoms with Crippen molar-refractivity contribution in [3.05, 3.63) is 24.3 Å². The number of carbonyl (C=O) groups is 2. The van der Waals surface area contributed by atoms with Gasteiger partial charge in [-0.2, -0.15) is 0 Å². The summed E-state index contributed by atoms with van der Waals surface area (Å²) in [6.45, 7) is 15.4. The highest BCUT2D eigenvalue weighted by atomic mass is 32.3. The van der Waals surface area contributed by atoms with E-state index in [-0.39, 0.29) is 24.1 Å². The van der Waals surface area contributed by atoms with E-state index in [1.807, 2.05) is 13.8 Å². The molecule has 0 aliphatic heterocycles. The number of esters is 2. The fourth-order valence-electron chi connectivity index (χ4n) is 8.22. The van der Waals surface area contributed by atoms with Crippen LogP contribution in [0.4, 0.5) is 0 Å². The van der Waals surface area contributed by atoms with Crippen LogP contribution >= 0.6 is 0 Å². The van der Waals surface area contributed by atoms with Gasteiger partial charge in [-0.3, -0.25) is 18.7 Å². The van der Waals surface area contributed by atoms with Crippen LogP contribution in [-0.2, 0) is 33.6 Å². The molecule has 0 rings (SSSR count). The zero-order valence-corrected chi connectivity index (χ0v) is 43.9. The molecule has 4 atom stereocenters. The Labute approximate surface area is 400 Å². The van der Waals surface area contributed by atoms with E-state index in [1.54, 1.807) is 13.8 Å². The summed E-state index contributed by atoms with van der Waals surface area (Å²) >= 11 is 0. The van der Waals surface area contributed by atoms with Crippen LogP contribution in [0.5, 0.6) is 0 Å². The molecule has 0 spiro atoms. The van der Waals surface area contributed by atoms with Crippen LogP contribution in [0.3, 0.4) is 0 Å². The summed E-state index contributed by atoms with van der Waals surface area (Å²) in [5.41, 5.74) is 0. The van der Waals surface area contributed by atoms with Crippen LogP contribution in [0.25, 0.3) is 0 Å². The van der Waals surface area contributed by atoms with Gasteiger partial charge in [-0.1, -0.05) is 141 Å². The van der Waals surface area contributed by atoms with Gasteiger partial charge >= 0.3 is 11.9 Å². The largest absolute Gasteiger partial charge is 0.726 e. The van der Waals surface area contributed by atoms with E-state index in [2.05, 4.69) is 54.3 Å². The van der Waals surface area contributed by atoms with Gasteiger partial charge in [0, 0.05) is 32.5 Å². The van der Waals surface area contributed by atoms with E-state index in [0.717, 1.165) is 58.5 Å². The molecule has 0 aromatic heterocycles. The molecule has 0 aromatic rings. The average molecular weight is 947 g/mol. The van der Waals surface area contributed by atoms with Crippen molar-refractivity contribution in [1.82, 2.24) is 4.90 Å². The minimum absolute atomic E-state index is 0.154. The number of hydrogen-bond acceptors (Lipinski definition) is 11. The van der Waals surface area contributed by atoms with Crippen LogP contribution in [0.15, 0.2) is 24.3 Å². The van der Waals surface area contributed by atoms with Crippen molar-refractivity contribution in [2.45, 2.75) is 246 Å². The number of likely N-dealkylation sites (N-methyl/N-ethyl adjacent to an activating group) is 1. The van der Waals surface area contributed by atoms with E-state index < -0.39 is 22.6 Å². The second-order valence-corrected chi connectivity index (χ2v) is 20.2. The van der Waals surface area contributed by atoms with Gasteiger partial charge in [0.05, 0.1) is 20.7 Å². The maximum atomic E-state index is 12.8. The van der Waals surface area contributed by atoms with E-state index in [9.17, 15) is 32.8 Å². The fourth-order valence-corrected chi connectivity index (χ4v) is 8.22. The summed E-state index contributed by atoms with van der Waals surface area (Å²) in [5, 5.41) is 20.5. The van der Waals surface area contributed by atoms with E-state index in [1.165, 1.54) is 116 Å². The fraction of sp³-hybridized carbons (Fsp3) is 0.885. The van der Waals surface area contributed by atoms with Gasteiger partial charge < -0.3 is 28.7 Å². The van der Waals surface area contributed by atoms with Gasteiger partial charge in [0.15, 0.2) is 0 Å². The molecule has 386 valence electrons. The Kier molecular flexibility index (Phi) is 44.8. The third-order valence-corrected chi connectivity index (χ3v) is 12.0. The van der Waals surface area contributed by atoms with Crippen LogP contribution in [0.2, 0.25) is 0 Å². The predicted octanol–water partition coefficient (Wildman–Crippen LogP) is 11.5. The van der Waals surface area contributed by atoms with Gasteiger partial charge in [0.1, 0.15) is 37.5 Å². The molecule has 0 saturated carbocycles. The van der Waals surface area contributed by atoms with Crippen LogP contribution < -0.4 is 0 Å². The minimum atomic E-state index is -4.41. The predicted molar refractivity (Wildman–Crippen MR) is 267 cm³/mol. The maximum Gasteiger partial charge on any atom is 0.306 e. The zero-order chi connectivity index (χ0) is 49.0. The molecule has 0 aliphatic rings. The van der Waals surface area contributed by atoms with Crippen molar-refractivity contribution in [1.29, 1.82) is 0 Å². The molecule has 0 heterocycles. The molecule has 0 bridgehead atoms. The van der Waals surface area contributed by atoms with Crippen molar-refractivity contribution in [2.75, 3.05) is 53.4 Å². The second kappa shape index (κ2) is 44.6. The monoisotopic (exact) mass is 947 g/mol. The van der Waals surface area contributed by atoms with Gasteiger partial charge in [-0.05, 0) is 91.9 Å². The topological polar surface area (TPSA) is 163 Å². The second-order valence-electron chi connectivity index (χ2n) is 19.0. The Morgan fingerprint density at radius 3 is 1.15 bits per heavy atom. The molecule has 0 amide bonds. The lowest BCUT2D eigenvalue weighted by molar-refractivity contribution is -0.914. The first kappa shape index (κ1) is 65.2. The lowest BCUT2D eigenvalue weighted by Gasteiger charge is -2.39. The van der Waals surface area contributed by atoms with Crippen LogP contribution in [0.1, 0.15) is 221 Å². The number of rotatable bonds is 44. The lowest BCUT2D eigenvalue weighted by atomic mass is 10.1. The number of aliphatic hydroxyl groups is 2. The Balaban J connectivity index is 0. The molecule has 2 N–H and O–H groups in total. The van der Waals surface area contributed by atoms with Crippen molar-refractivity contribution in [2.24, 2.45) is 0 Å². The SMILES string of the molecule is CCCCCCCC/C=C\CCCCCCCC(=O)OC(C)CN(CC[N+](C)(CC(C)O)CC(C)O)CC(C)OC(=O)CCCCCCC/C=C\CCCCCCCC.COS(=O)(=O)[O-].